The SMILES string of the molecule is CC1=C(C)C(=O)C(C(CCCCC(=O)O)c2cccnc2)=C(C)C1=O. The second kappa shape index (κ2) is 8.01. The van der Waals surface area contributed by atoms with E-state index in [0.29, 0.717) is 41.6 Å². The summed E-state index contributed by atoms with van der Waals surface area (Å²) in [7, 11) is 0. The Kier molecular flexibility index (Phi) is 6.02. The van der Waals surface area contributed by atoms with Gasteiger partial charge in [-0.05, 0) is 45.2 Å². The van der Waals surface area contributed by atoms with E-state index in [2.05, 4.69) is 4.98 Å². The molecule has 1 aromatic heterocycles. The van der Waals surface area contributed by atoms with Gasteiger partial charge in [0.1, 0.15) is 0 Å². The zero-order valence-corrected chi connectivity index (χ0v) is 14.8. The quantitative estimate of drug-likeness (QED) is 0.605. The van der Waals surface area contributed by atoms with Crippen LogP contribution in [-0.4, -0.2) is 27.6 Å². The van der Waals surface area contributed by atoms with Crippen molar-refractivity contribution in [1.82, 2.24) is 4.98 Å². The maximum Gasteiger partial charge on any atom is 0.303 e. The van der Waals surface area contributed by atoms with Crippen LogP contribution in [0.15, 0.2) is 46.8 Å². The fourth-order valence-electron chi connectivity index (χ4n) is 3.22. The summed E-state index contributed by atoms with van der Waals surface area (Å²) in [6.45, 7) is 5.07. The van der Waals surface area contributed by atoms with Crippen LogP contribution in [0.3, 0.4) is 0 Å². The third-order valence-corrected chi connectivity index (χ3v) is 4.80. The lowest BCUT2D eigenvalue weighted by molar-refractivity contribution is -0.137. The Bertz CT molecular complexity index is 759. The van der Waals surface area contributed by atoms with E-state index < -0.39 is 5.97 Å². The summed E-state index contributed by atoms with van der Waals surface area (Å²) in [5.74, 6) is -1.26. The van der Waals surface area contributed by atoms with Crippen LogP contribution < -0.4 is 0 Å². The molecule has 5 heteroatoms. The first-order valence-electron chi connectivity index (χ1n) is 8.44. The molecule has 2 rings (SSSR count). The Hall–Kier alpha value is -2.56. The van der Waals surface area contributed by atoms with Gasteiger partial charge in [-0.1, -0.05) is 12.5 Å². The maximum absolute atomic E-state index is 12.9. The zero-order valence-electron chi connectivity index (χ0n) is 14.8. The van der Waals surface area contributed by atoms with E-state index in [9.17, 15) is 14.4 Å². The van der Waals surface area contributed by atoms with Crippen molar-refractivity contribution in [2.45, 2.75) is 52.4 Å². The molecule has 0 aliphatic heterocycles. The summed E-state index contributed by atoms with van der Waals surface area (Å²) < 4.78 is 0. The predicted molar refractivity (Wildman–Crippen MR) is 94.2 cm³/mol. The van der Waals surface area contributed by atoms with Gasteiger partial charge in [0, 0.05) is 47.0 Å². The van der Waals surface area contributed by atoms with Crippen LogP contribution in [-0.2, 0) is 14.4 Å². The van der Waals surface area contributed by atoms with Crippen molar-refractivity contribution in [3.8, 4) is 0 Å². The van der Waals surface area contributed by atoms with Crippen molar-refractivity contribution in [1.29, 1.82) is 0 Å². The van der Waals surface area contributed by atoms with Crippen LogP contribution in [0.5, 0.6) is 0 Å². The molecule has 1 heterocycles. The molecule has 1 aromatic rings. The van der Waals surface area contributed by atoms with Crippen molar-refractivity contribution in [3.05, 3.63) is 52.4 Å². The predicted octanol–water partition coefficient (Wildman–Crippen LogP) is 3.61. The number of carboxylic acids is 1. The third kappa shape index (κ3) is 4.10. The lowest BCUT2D eigenvalue weighted by Gasteiger charge is -2.26. The number of carboxylic acid groups (broad SMARTS) is 1. The van der Waals surface area contributed by atoms with E-state index >= 15 is 0 Å². The fraction of sp³-hybridized carbons (Fsp3) is 0.400. The van der Waals surface area contributed by atoms with Gasteiger partial charge in [-0.25, -0.2) is 0 Å². The number of unbranched alkanes of at least 4 members (excludes halogenated alkanes) is 1. The van der Waals surface area contributed by atoms with Gasteiger partial charge in [-0.3, -0.25) is 19.4 Å². The minimum atomic E-state index is -0.827. The largest absolute Gasteiger partial charge is 0.481 e. The van der Waals surface area contributed by atoms with E-state index in [0.717, 1.165) is 5.56 Å². The molecule has 0 spiro atoms. The van der Waals surface area contributed by atoms with Gasteiger partial charge in [0.25, 0.3) is 0 Å². The summed E-state index contributed by atoms with van der Waals surface area (Å²) >= 11 is 0. The summed E-state index contributed by atoms with van der Waals surface area (Å²) in [5.41, 5.74) is 2.88. The standard InChI is InChI=1S/C20H23NO4/c1-12-13(2)20(25)18(14(3)19(12)24)16(8-4-5-9-17(22)23)15-7-6-10-21-11-15/h6-7,10-11,16H,4-5,8-9H2,1-3H3,(H,22,23). The lowest BCUT2D eigenvalue weighted by Crippen LogP contribution is -2.24. The molecule has 1 atom stereocenters. The summed E-state index contributed by atoms with van der Waals surface area (Å²) in [6, 6.07) is 3.70. The average molecular weight is 341 g/mol. The number of nitrogens with zero attached hydrogens (tertiary/aromatic N) is 1. The molecular weight excluding hydrogens is 318 g/mol. The number of aliphatic carboxylic acids is 1. The number of ketones is 2. The third-order valence-electron chi connectivity index (χ3n) is 4.80. The van der Waals surface area contributed by atoms with Gasteiger partial charge in [0.15, 0.2) is 11.6 Å². The molecule has 0 bridgehead atoms. The van der Waals surface area contributed by atoms with Gasteiger partial charge in [-0.15, -0.1) is 0 Å². The number of aromatic nitrogens is 1. The van der Waals surface area contributed by atoms with E-state index in [-0.39, 0.29) is 23.9 Å². The molecule has 0 saturated heterocycles. The molecule has 5 nitrogen and oxygen atoms in total. The summed E-state index contributed by atoms with van der Waals surface area (Å²) in [4.78, 5) is 40.2. The lowest BCUT2D eigenvalue weighted by atomic mass is 9.76. The molecule has 25 heavy (non-hydrogen) atoms. The number of allylic oxidation sites excluding steroid dienone is 4. The maximum atomic E-state index is 12.9. The number of rotatable bonds is 7. The van der Waals surface area contributed by atoms with Crippen LogP contribution in [0.1, 0.15) is 57.9 Å². The second-order valence-corrected chi connectivity index (χ2v) is 6.43. The Labute approximate surface area is 147 Å². The number of pyridine rings is 1. The van der Waals surface area contributed by atoms with Crippen molar-refractivity contribution >= 4 is 17.5 Å². The van der Waals surface area contributed by atoms with Gasteiger partial charge in [0.05, 0.1) is 0 Å². The van der Waals surface area contributed by atoms with Crippen molar-refractivity contribution < 1.29 is 19.5 Å². The Morgan fingerprint density at radius 3 is 2.36 bits per heavy atom. The molecule has 1 aliphatic carbocycles. The molecule has 0 aromatic carbocycles. The fourth-order valence-corrected chi connectivity index (χ4v) is 3.22. The molecule has 0 amide bonds. The first-order chi connectivity index (χ1) is 11.8. The van der Waals surface area contributed by atoms with Gasteiger partial charge >= 0.3 is 5.97 Å². The topological polar surface area (TPSA) is 84.3 Å². The molecule has 132 valence electrons. The van der Waals surface area contributed by atoms with Gasteiger partial charge < -0.3 is 5.11 Å². The highest BCUT2D eigenvalue weighted by atomic mass is 16.4. The van der Waals surface area contributed by atoms with Crippen LogP contribution in [0.25, 0.3) is 0 Å². The number of carbonyl (C=O) groups excluding carboxylic acids is 2. The van der Waals surface area contributed by atoms with Crippen LogP contribution in [0.2, 0.25) is 0 Å². The van der Waals surface area contributed by atoms with E-state index in [4.69, 9.17) is 5.11 Å². The van der Waals surface area contributed by atoms with Crippen molar-refractivity contribution in [2.75, 3.05) is 0 Å². The second-order valence-electron chi connectivity index (χ2n) is 6.43. The van der Waals surface area contributed by atoms with Crippen molar-refractivity contribution in [2.24, 2.45) is 0 Å². The van der Waals surface area contributed by atoms with Crippen LogP contribution in [0, 0.1) is 0 Å². The number of Topliss-reactive ketones (excluding diaryl/α,β-unsaturated/α-hetero) is 2. The first-order valence-corrected chi connectivity index (χ1v) is 8.44. The minimum absolute atomic E-state index is 0.0912. The Morgan fingerprint density at radius 2 is 1.76 bits per heavy atom. The molecule has 1 unspecified atom stereocenters. The first kappa shape index (κ1) is 18.8. The number of carbonyl (C=O) groups is 3. The van der Waals surface area contributed by atoms with Gasteiger partial charge in [-0.2, -0.15) is 0 Å². The molecule has 0 fully saturated rings. The Balaban J connectivity index is 2.36. The highest BCUT2D eigenvalue weighted by Gasteiger charge is 2.33. The molecule has 1 N–H and O–H groups in total. The minimum Gasteiger partial charge on any atom is -0.481 e. The van der Waals surface area contributed by atoms with E-state index in [1.807, 2.05) is 6.07 Å². The summed E-state index contributed by atoms with van der Waals surface area (Å²) in [6.07, 6.45) is 5.27. The normalized spacial score (nSPS) is 16.4. The monoisotopic (exact) mass is 341 g/mol. The van der Waals surface area contributed by atoms with Crippen LogP contribution in [0.4, 0.5) is 0 Å². The number of hydrogen-bond acceptors (Lipinski definition) is 4. The van der Waals surface area contributed by atoms with E-state index in [1.54, 1.807) is 39.2 Å². The molecular formula is C20H23NO4. The highest BCUT2D eigenvalue weighted by Crippen LogP contribution is 2.37. The van der Waals surface area contributed by atoms with Gasteiger partial charge in [0.2, 0.25) is 0 Å². The summed E-state index contributed by atoms with van der Waals surface area (Å²) in [5, 5.41) is 8.80. The zero-order chi connectivity index (χ0) is 18.6. The smallest absolute Gasteiger partial charge is 0.303 e. The molecule has 1 aliphatic rings. The number of hydrogen-bond donors (Lipinski definition) is 1. The highest BCUT2D eigenvalue weighted by molar-refractivity contribution is 6.25. The van der Waals surface area contributed by atoms with Crippen molar-refractivity contribution in [3.63, 3.8) is 0 Å². The average Bonchev–Trinajstić information content (AvgIpc) is 2.60. The Morgan fingerprint density at radius 1 is 1.08 bits per heavy atom. The molecule has 0 radical (unpaired) electrons. The van der Waals surface area contributed by atoms with E-state index in [1.165, 1.54) is 0 Å². The molecule has 0 saturated carbocycles. The van der Waals surface area contributed by atoms with Crippen LogP contribution >= 0.6 is 0 Å².